The molecular weight excluding hydrogens is 326 g/mol. The molecule has 25 heavy (non-hydrogen) atoms. The van der Waals surface area contributed by atoms with Crippen molar-refractivity contribution in [1.29, 1.82) is 0 Å². The summed E-state index contributed by atoms with van der Waals surface area (Å²) in [6.45, 7) is 5.97. The minimum atomic E-state index is -2.21. The first-order chi connectivity index (χ1) is 11.8. The Bertz CT molecular complexity index is 649. The fourth-order valence-corrected chi connectivity index (χ4v) is 2.40. The normalized spacial score (nSPS) is 10.7. The van der Waals surface area contributed by atoms with Gasteiger partial charge in [-0.2, -0.15) is 0 Å². The zero-order chi connectivity index (χ0) is 19.0. The van der Waals surface area contributed by atoms with Crippen LogP contribution in [0.2, 0.25) is 0 Å². The van der Waals surface area contributed by atoms with Gasteiger partial charge in [-0.3, -0.25) is 9.59 Å². The lowest BCUT2D eigenvalue weighted by Gasteiger charge is -2.29. The predicted octanol–water partition coefficient (Wildman–Crippen LogP) is 1.57. The quantitative estimate of drug-likeness (QED) is 0.434. The number of aryl methyl sites for hydroxylation is 1. The number of Topliss-reactive ketones (excluding diaryl/α,β-unsaturated/α-hetero) is 1. The van der Waals surface area contributed by atoms with E-state index in [-0.39, 0.29) is 13.2 Å². The van der Waals surface area contributed by atoms with E-state index in [1.165, 1.54) is 0 Å². The first kappa shape index (κ1) is 20.3. The van der Waals surface area contributed by atoms with E-state index in [2.05, 4.69) is 5.32 Å². The van der Waals surface area contributed by atoms with Crippen molar-refractivity contribution >= 4 is 23.6 Å². The molecular formula is C18H23NO6. The summed E-state index contributed by atoms with van der Waals surface area (Å²) in [5, 5.41) is 2.27. The second kappa shape index (κ2) is 8.96. The number of benzene rings is 1. The SMILES string of the molecule is CCOC(=O)C(CC(=O)c1ccccc1C)(NC(C)=O)C(=O)OCC. The fraction of sp³-hybridized carbons (Fsp3) is 0.444. The van der Waals surface area contributed by atoms with Gasteiger partial charge in [0.05, 0.1) is 19.6 Å². The molecule has 0 spiro atoms. The molecule has 1 aromatic rings. The first-order valence-corrected chi connectivity index (χ1v) is 8.00. The molecule has 0 saturated heterocycles. The number of rotatable bonds is 8. The highest BCUT2D eigenvalue weighted by Gasteiger charge is 2.51. The maximum absolute atomic E-state index is 12.7. The number of ether oxygens (including phenoxy) is 2. The van der Waals surface area contributed by atoms with E-state index in [9.17, 15) is 19.2 Å². The van der Waals surface area contributed by atoms with Gasteiger partial charge < -0.3 is 14.8 Å². The summed E-state index contributed by atoms with van der Waals surface area (Å²) in [4.78, 5) is 49.3. The van der Waals surface area contributed by atoms with Gasteiger partial charge in [-0.05, 0) is 26.3 Å². The number of carbonyl (C=O) groups is 4. The summed E-state index contributed by atoms with van der Waals surface area (Å²) in [6, 6.07) is 6.77. The lowest BCUT2D eigenvalue weighted by Crippen LogP contribution is -2.62. The average molecular weight is 349 g/mol. The van der Waals surface area contributed by atoms with Crippen LogP contribution in [0.1, 0.15) is 43.1 Å². The Morgan fingerprint density at radius 2 is 1.52 bits per heavy atom. The van der Waals surface area contributed by atoms with Crippen LogP contribution >= 0.6 is 0 Å². The van der Waals surface area contributed by atoms with Crippen LogP contribution in [-0.4, -0.2) is 42.4 Å². The van der Waals surface area contributed by atoms with Crippen molar-refractivity contribution < 1.29 is 28.7 Å². The fourth-order valence-electron chi connectivity index (χ4n) is 2.40. The maximum atomic E-state index is 12.7. The highest BCUT2D eigenvalue weighted by molar-refractivity contribution is 6.13. The highest BCUT2D eigenvalue weighted by Crippen LogP contribution is 2.21. The van der Waals surface area contributed by atoms with Crippen LogP contribution in [0.15, 0.2) is 24.3 Å². The van der Waals surface area contributed by atoms with Gasteiger partial charge in [0.25, 0.3) is 0 Å². The summed E-state index contributed by atoms with van der Waals surface area (Å²) in [5.74, 6) is -3.18. The zero-order valence-electron chi connectivity index (χ0n) is 14.9. The van der Waals surface area contributed by atoms with Crippen molar-refractivity contribution in [3.63, 3.8) is 0 Å². The van der Waals surface area contributed by atoms with Crippen molar-refractivity contribution in [2.24, 2.45) is 0 Å². The second-order valence-electron chi connectivity index (χ2n) is 5.44. The Labute approximate surface area is 146 Å². The van der Waals surface area contributed by atoms with E-state index < -0.39 is 35.6 Å². The largest absolute Gasteiger partial charge is 0.464 e. The molecule has 0 aliphatic rings. The Hall–Kier alpha value is -2.70. The van der Waals surface area contributed by atoms with Crippen LogP contribution < -0.4 is 5.32 Å². The Morgan fingerprint density at radius 1 is 1.00 bits per heavy atom. The standard InChI is InChI=1S/C18H23NO6/c1-5-24-16(22)18(19-13(4)20,17(23)25-6-2)11-15(21)14-10-8-7-9-12(14)3/h7-10H,5-6,11H2,1-4H3,(H,19,20). The zero-order valence-corrected chi connectivity index (χ0v) is 14.9. The number of nitrogens with one attached hydrogen (secondary N) is 1. The number of hydrogen-bond donors (Lipinski definition) is 1. The molecule has 0 unspecified atom stereocenters. The molecule has 0 bridgehead atoms. The van der Waals surface area contributed by atoms with Crippen LogP contribution in [0, 0.1) is 6.92 Å². The third kappa shape index (κ3) is 4.89. The van der Waals surface area contributed by atoms with Crippen molar-refractivity contribution in [2.45, 2.75) is 39.7 Å². The monoisotopic (exact) mass is 349 g/mol. The van der Waals surface area contributed by atoms with Crippen molar-refractivity contribution in [3.8, 4) is 0 Å². The maximum Gasteiger partial charge on any atom is 0.344 e. The summed E-state index contributed by atoms with van der Waals surface area (Å²) >= 11 is 0. The van der Waals surface area contributed by atoms with E-state index in [0.29, 0.717) is 11.1 Å². The predicted molar refractivity (Wildman–Crippen MR) is 89.9 cm³/mol. The topological polar surface area (TPSA) is 98.8 Å². The minimum Gasteiger partial charge on any atom is -0.464 e. The van der Waals surface area contributed by atoms with E-state index in [1.54, 1.807) is 45.0 Å². The molecule has 0 saturated carbocycles. The van der Waals surface area contributed by atoms with Gasteiger partial charge in [0.2, 0.25) is 11.4 Å². The molecule has 136 valence electrons. The van der Waals surface area contributed by atoms with Gasteiger partial charge in [-0.15, -0.1) is 0 Å². The van der Waals surface area contributed by atoms with Crippen molar-refractivity contribution in [2.75, 3.05) is 13.2 Å². The van der Waals surface area contributed by atoms with Crippen LogP contribution in [0.5, 0.6) is 0 Å². The Morgan fingerprint density at radius 3 is 1.96 bits per heavy atom. The van der Waals surface area contributed by atoms with Gasteiger partial charge in [0, 0.05) is 12.5 Å². The number of ketones is 1. The average Bonchev–Trinajstić information content (AvgIpc) is 2.54. The van der Waals surface area contributed by atoms with Crippen molar-refractivity contribution in [1.82, 2.24) is 5.32 Å². The van der Waals surface area contributed by atoms with E-state index in [1.807, 2.05) is 0 Å². The minimum absolute atomic E-state index is 0.0157. The van der Waals surface area contributed by atoms with Gasteiger partial charge >= 0.3 is 11.9 Å². The number of amides is 1. The van der Waals surface area contributed by atoms with Crippen LogP contribution in [0.25, 0.3) is 0 Å². The summed E-state index contributed by atoms with van der Waals surface area (Å²) in [5.41, 5.74) is -1.17. The molecule has 0 aliphatic heterocycles. The molecule has 0 aromatic heterocycles. The molecule has 0 heterocycles. The summed E-state index contributed by atoms with van der Waals surface area (Å²) in [6.07, 6.45) is -0.588. The molecule has 7 heteroatoms. The van der Waals surface area contributed by atoms with Gasteiger partial charge in [-0.25, -0.2) is 9.59 Å². The third-order valence-electron chi connectivity index (χ3n) is 3.51. The Balaban J connectivity index is 3.34. The molecule has 0 atom stereocenters. The van der Waals surface area contributed by atoms with Crippen molar-refractivity contribution in [3.05, 3.63) is 35.4 Å². The van der Waals surface area contributed by atoms with Gasteiger partial charge in [-0.1, -0.05) is 24.3 Å². The van der Waals surface area contributed by atoms with E-state index in [0.717, 1.165) is 6.92 Å². The molecule has 0 radical (unpaired) electrons. The van der Waals surface area contributed by atoms with Crippen LogP contribution in [0.3, 0.4) is 0 Å². The van der Waals surface area contributed by atoms with E-state index >= 15 is 0 Å². The molecule has 0 fully saturated rings. The molecule has 0 aliphatic carbocycles. The molecule has 1 amide bonds. The number of hydrogen-bond acceptors (Lipinski definition) is 6. The summed E-state index contributed by atoms with van der Waals surface area (Å²) < 4.78 is 9.87. The van der Waals surface area contributed by atoms with Gasteiger partial charge in [0.1, 0.15) is 0 Å². The van der Waals surface area contributed by atoms with Crippen LogP contribution in [0.4, 0.5) is 0 Å². The molecule has 1 rings (SSSR count). The lowest BCUT2D eigenvalue weighted by molar-refractivity contribution is -0.167. The number of esters is 2. The lowest BCUT2D eigenvalue weighted by atomic mass is 9.88. The number of carbonyl (C=O) groups excluding carboxylic acids is 4. The molecule has 7 nitrogen and oxygen atoms in total. The molecule has 1 aromatic carbocycles. The highest BCUT2D eigenvalue weighted by atomic mass is 16.6. The molecule has 1 N–H and O–H groups in total. The Kier molecular flexibility index (Phi) is 7.29. The van der Waals surface area contributed by atoms with Gasteiger partial charge in [0.15, 0.2) is 5.78 Å². The summed E-state index contributed by atoms with van der Waals surface area (Å²) in [7, 11) is 0. The smallest absolute Gasteiger partial charge is 0.344 e. The van der Waals surface area contributed by atoms with E-state index in [4.69, 9.17) is 9.47 Å². The van der Waals surface area contributed by atoms with Crippen LogP contribution in [-0.2, 0) is 23.9 Å². The second-order valence-corrected chi connectivity index (χ2v) is 5.44. The first-order valence-electron chi connectivity index (χ1n) is 8.00. The third-order valence-corrected chi connectivity index (χ3v) is 3.51.